The number of ketones is 1. The molecule has 3 aliphatic heterocycles. The number of para-hydroxylation sites is 1. The predicted molar refractivity (Wildman–Crippen MR) is 129 cm³/mol. The second-order valence-electron chi connectivity index (χ2n) is 9.06. The summed E-state index contributed by atoms with van der Waals surface area (Å²) in [5.74, 6) is -1.88. The monoisotopic (exact) mass is 476 g/mol. The van der Waals surface area contributed by atoms with Crippen molar-refractivity contribution in [3.05, 3.63) is 64.7 Å². The Balaban J connectivity index is 1.79. The van der Waals surface area contributed by atoms with Crippen LogP contribution >= 0.6 is 0 Å². The minimum absolute atomic E-state index is 0.0840. The average Bonchev–Trinajstić information content (AvgIpc) is 3.52. The van der Waals surface area contributed by atoms with Crippen LogP contribution in [0, 0.1) is 6.92 Å². The summed E-state index contributed by atoms with van der Waals surface area (Å²) >= 11 is 0. The number of likely N-dealkylation sites (tertiary alicyclic amines) is 1. The van der Waals surface area contributed by atoms with Gasteiger partial charge in [0, 0.05) is 30.8 Å². The lowest BCUT2D eigenvalue weighted by molar-refractivity contribution is -0.145. The van der Waals surface area contributed by atoms with E-state index in [4.69, 9.17) is 9.47 Å². The number of aliphatic hydroxyl groups is 1. The van der Waals surface area contributed by atoms with Crippen molar-refractivity contribution in [3.8, 4) is 5.75 Å². The second-order valence-corrected chi connectivity index (χ2v) is 9.06. The topological polar surface area (TPSA) is 96.4 Å². The van der Waals surface area contributed by atoms with Crippen LogP contribution in [-0.4, -0.2) is 60.5 Å². The molecule has 35 heavy (non-hydrogen) atoms. The van der Waals surface area contributed by atoms with E-state index in [9.17, 15) is 19.5 Å². The highest BCUT2D eigenvalue weighted by molar-refractivity contribution is 6.50. The van der Waals surface area contributed by atoms with Crippen molar-refractivity contribution in [1.29, 1.82) is 0 Å². The van der Waals surface area contributed by atoms with Crippen molar-refractivity contribution in [2.24, 2.45) is 0 Å². The van der Waals surface area contributed by atoms with E-state index in [2.05, 4.69) is 0 Å². The van der Waals surface area contributed by atoms with Gasteiger partial charge in [0.05, 0.1) is 24.5 Å². The third-order valence-electron chi connectivity index (χ3n) is 7.20. The molecule has 1 spiro atoms. The third kappa shape index (κ3) is 3.20. The highest BCUT2D eigenvalue weighted by atomic mass is 16.5. The second kappa shape index (κ2) is 8.53. The molecule has 2 atom stereocenters. The molecule has 8 heteroatoms. The van der Waals surface area contributed by atoms with E-state index in [0.29, 0.717) is 35.7 Å². The number of methoxy groups -OCH3 is 1. The molecule has 1 N–H and O–H groups in total. The molecule has 2 fully saturated rings. The van der Waals surface area contributed by atoms with Gasteiger partial charge in [-0.15, -0.1) is 0 Å². The molecule has 2 aromatic rings. The van der Waals surface area contributed by atoms with Crippen LogP contribution in [0.4, 0.5) is 5.69 Å². The number of rotatable bonds is 5. The molecule has 0 radical (unpaired) electrons. The number of carbonyl (C=O) groups excluding carboxylic acids is 3. The fourth-order valence-corrected chi connectivity index (χ4v) is 5.59. The molecule has 2 amide bonds. The summed E-state index contributed by atoms with van der Waals surface area (Å²) in [6.45, 7) is 4.66. The maximum atomic E-state index is 14.2. The van der Waals surface area contributed by atoms with Crippen molar-refractivity contribution < 1.29 is 29.0 Å². The molecule has 0 saturated carbocycles. The Morgan fingerprint density at radius 1 is 1.20 bits per heavy atom. The number of nitrogens with zero attached hydrogens (tertiary/aromatic N) is 2. The first-order valence-electron chi connectivity index (χ1n) is 11.8. The summed E-state index contributed by atoms with van der Waals surface area (Å²) in [5.41, 5.74) is 0.237. The van der Waals surface area contributed by atoms with Crippen LogP contribution in [-0.2, 0) is 24.7 Å². The van der Waals surface area contributed by atoms with Gasteiger partial charge in [-0.25, -0.2) is 0 Å². The minimum Gasteiger partial charge on any atom is -0.507 e. The Morgan fingerprint density at radius 2 is 1.97 bits per heavy atom. The normalized spacial score (nSPS) is 25.1. The molecule has 182 valence electrons. The van der Waals surface area contributed by atoms with Crippen molar-refractivity contribution in [2.45, 2.75) is 38.3 Å². The van der Waals surface area contributed by atoms with E-state index < -0.39 is 23.1 Å². The first-order valence-corrected chi connectivity index (χ1v) is 11.8. The number of fused-ring (bicyclic) bond motifs is 2. The van der Waals surface area contributed by atoms with E-state index in [-0.39, 0.29) is 24.0 Å². The molecule has 0 aromatic heterocycles. The molecular weight excluding hydrogens is 448 g/mol. The number of hydrogen-bond acceptors (Lipinski definition) is 6. The number of anilines is 1. The Hall–Kier alpha value is -3.65. The van der Waals surface area contributed by atoms with Gasteiger partial charge in [-0.2, -0.15) is 0 Å². The van der Waals surface area contributed by atoms with Crippen LogP contribution in [0.1, 0.15) is 36.5 Å². The summed E-state index contributed by atoms with van der Waals surface area (Å²) < 4.78 is 11.1. The number of aliphatic hydroxyl groups excluding tert-OH is 1. The first kappa shape index (κ1) is 23.1. The zero-order valence-corrected chi connectivity index (χ0v) is 20.0. The average molecular weight is 477 g/mol. The molecule has 0 unspecified atom stereocenters. The van der Waals surface area contributed by atoms with Crippen molar-refractivity contribution in [1.82, 2.24) is 4.90 Å². The van der Waals surface area contributed by atoms with Crippen LogP contribution in [0.5, 0.6) is 5.75 Å². The van der Waals surface area contributed by atoms with Crippen LogP contribution in [0.25, 0.3) is 5.76 Å². The molecular formula is C27H28N2O6. The number of hydrogen-bond donors (Lipinski definition) is 1. The Labute approximate surface area is 203 Å². The Bertz CT molecular complexity index is 1260. The van der Waals surface area contributed by atoms with Gasteiger partial charge in [0.15, 0.2) is 5.54 Å². The van der Waals surface area contributed by atoms with Gasteiger partial charge >= 0.3 is 0 Å². The zero-order valence-electron chi connectivity index (χ0n) is 20.0. The summed E-state index contributed by atoms with van der Waals surface area (Å²) in [5, 5.41) is 11.5. The lowest BCUT2D eigenvalue weighted by Gasteiger charge is -2.35. The Kier molecular flexibility index (Phi) is 5.63. The van der Waals surface area contributed by atoms with Crippen LogP contribution in [0.2, 0.25) is 0 Å². The smallest absolute Gasteiger partial charge is 0.296 e. The van der Waals surface area contributed by atoms with Crippen LogP contribution in [0.3, 0.4) is 0 Å². The van der Waals surface area contributed by atoms with E-state index in [1.165, 1.54) is 4.90 Å². The number of amides is 2. The van der Waals surface area contributed by atoms with E-state index >= 15 is 0 Å². The minimum atomic E-state index is -1.76. The van der Waals surface area contributed by atoms with Gasteiger partial charge in [0.25, 0.3) is 17.6 Å². The zero-order chi connectivity index (χ0) is 24.9. The largest absolute Gasteiger partial charge is 0.507 e. The number of ether oxygens (including phenoxy) is 2. The highest BCUT2D eigenvalue weighted by Gasteiger charge is 2.67. The molecule has 0 bridgehead atoms. The van der Waals surface area contributed by atoms with Gasteiger partial charge in [-0.1, -0.05) is 18.2 Å². The van der Waals surface area contributed by atoms with E-state index in [1.54, 1.807) is 48.4 Å². The maximum Gasteiger partial charge on any atom is 0.296 e. The lowest BCUT2D eigenvalue weighted by atomic mass is 9.81. The number of Topliss-reactive ketones (excluding diaryl/α,β-unsaturated/α-hetero) is 1. The standard InChI is InChI=1S/C27H28N2O6/c1-4-28-20-10-6-5-9-19(20)27(26(28)33)22(23(30)17-11-12-21(34-3)16(2)14-17)24(31)25(32)29(27)15-18-8-7-13-35-18/h5-6,9-12,14,18,30H,4,7-8,13,15H2,1-3H3/t18-,27-/m1/s1. The fourth-order valence-electron chi connectivity index (χ4n) is 5.59. The SMILES string of the molecule is CCN1C(=O)[C@]2(C(=C(O)c3ccc(OC)c(C)c3)C(=O)C(=O)N2C[C@H]2CCCO2)c2ccccc21. The predicted octanol–water partition coefficient (Wildman–Crippen LogP) is 3.13. The molecule has 3 aliphatic rings. The number of aryl methyl sites for hydroxylation is 1. The van der Waals surface area contributed by atoms with Gasteiger partial charge < -0.3 is 24.4 Å². The Morgan fingerprint density at radius 3 is 2.63 bits per heavy atom. The van der Waals surface area contributed by atoms with Crippen molar-refractivity contribution in [3.63, 3.8) is 0 Å². The van der Waals surface area contributed by atoms with Gasteiger partial charge in [0.1, 0.15) is 11.5 Å². The summed E-state index contributed by atoms with van der Waals surface area (Å²) in [4.78, 5) is 44.2. The highest BCUT2D eigenvalue weighted by Crippen LogP contribution is 2.53. The molecule has 3 heterocycles. The lowest BCUT2D eigenvalue weighted by Crippen LogP contribution is -2.53. The molecule has 8 nitrogen and oxygen atoms in total. The van der Waals surface area contributed by atoms with E-state index in [0.717, 1.165) is 18.4 Å². The van der Waals surface area contributed by atoms with Gasteiger partial charge in [0.2, 0.25) is 0 Å². The summed E-state index contributed by atoms with van der Waals surface area (Å²) in [6.07, 6.45) is 1.28. The molecule has 5 rings (SSSR count). The molecule has 2 aromatic carbocycles. The third-order valence-corrected chi connectivity index (χ3v) is 7.20. The molecule has 0 aliphatic carbocycles. The number of carbonyl (C=O) groups is 3. The fraction of sp³-hybridized carbons (Fsp3) is 0.370. The number of likely N-dealkylation sites (N-methyl/N-ethyl adjacent to an activating group) is 1. The van der Waals surface area contributed by atoms with Gasteiger partial charge in [-0.3, -0.25) is 14.4 Å². The van der Waals surface area contributed by atoms with Crippen molar-refractivity contribution >= 4 is 29.0 Å². The maximum absolute atomic E-state index is 14.2. The van der Waals surface area contributed by atoms with Crippen molar-refractivity contribution in [2.75, 3.05) is 31.7 Å². The number of benzene rings is 2. The van der Waals surface area contributed by atoms with Crippen LogP contribution in [0.15, 0.2) is 48.0 Å². The van der Waals surface area contributed by atoms with E-state index in [1.807, 2.05) is 19.9 Å². The summed E-state index contributed by atoms with van der Waals surface area (Å²) in [6, 6.07) is 12.1. The molecule has 2 saturated heterocycles. The quantitative estimate of drug-likeness (QED) is 0.405. The first-order chi connectivity index (χ1) is 16.9. The van der Waals surface area contributed by atoms with Crippen LogP contribution < -0.4 is 9.64 Å². The van der Waals surface area contributed by atoms with Gasteiger partial charge in [-0.05, 0) is 56.5 Å². The summed E-state index contributed by atoms with van der Waals surface area (Å²) in [7, 11) is 1.55.